The molecule has 0 bridgehead atoms. The maximum Gasteiger partial charge on any atom is 0.406 e. The zero-order valence-electron chi connectivity index (χ0n) is 9.18. The van der Waals surface area contributed by atoms with Crippen molar-refractivity contribution < 1.29 is 22.4 Å². The van der Waals surface area contributed by atoms with Gasteiger partial charge in [-0.1, -0.05) is 6.07 Å². The van der Waals surface area contributed by atoms with Crippen LogP contribution in [0.1, 0.15) is 10.4 Å². The molecule has 100 valence electrons. The molecule has 0 aliphatic heterocycles. The standard InChI is InChI=1S/C11H10ClF4NO/c12-4-5-17(7-11(14,15)16)10(18)8-2-1-3-9(13)6-8/h1-3,6H,4-5,7H2. The summed E-state index contributed by atoms with van der Waals surface area (Å²) in [6.45, 7) is -1.66. The number of carbonyl (C=O) groups is 1. The highest BCUT2D eigenvalue weighted by molar-refractivity contribution is 6.18. The molecule has 0 radical (unpaired) electrons. The first-order chi connectivity index (χ1) is 8.33. The summed E-state index contributed by atoms with van der Waals surface area (Å²) in [7, 11) is 0. The Morgan fingerprint density at radius 1 is 1.33 bits per heavy atom. The van der Waals surface area contributed by atoms with Gasteiger partial charge in [0.05, 0.1) is 0 Å². The lowest BCUT2D eigenvalue weighted by Crippen LogP contribution is -2.40. The van der Waals surface area contributed by atoms with Crippen molar-refractivity contribution in [3.05, 3.63) is 35.6 Å². The van der Waals surface area contributed by atoms with Gasteiger partial charge in [-0.25, -0.2) is 4.39 Å². The van der Waals surface area contributed by atoms with E-state index < -0.39 is 24.4 Å². The van der Waals surface area contributed by atoms with Crippen molar-refractivity contribution in [1.82, 2.24) is 4.90 Å². The van der Waals surface area contributed by atoms with Crippen molar-refractivity contribution in [3.63, 3.8) is 0 Å². The Bertz CT molecular complexity index is 422. The molecule has 1 amide bonds. The molecule has 0 unspecified atom stereocenters. The molecule has 0 N–H and O–H groups in total. The van der Waals surface area contributed by atoms with E-state index >= 15 is 0 Å². The van der Waals surface area contributed by atoms with Gasteiger partial charge in [0.25, 0.3) is 5.91 Å². The summed E-state index contributed by atoms with van der Waals surface area (Å²) < 4.78 is 49.7. The van der Waals surface area contributed by atoms with E-state index in [1.807, 2.05) is 0 Å². The maximum atomic E-state index is 12.9. The molecule has 0 atom stereocenters. The SMILES string of the molecule is O=C(c1cccc(F)c1)N(CCCl)CC(F)(F)F. The van der Waals surface area contributed by atoms with Gasteiger partial charge in [0.2, 0.25) is 0 Å². The largest absolute Gasteiger partial charge is 0.406 e. The van der Waals surface area contributed by atoms with E-state index in [-0.39, 0.29) is 18.0 Å². The van der Waals surface area contributed by atoms with Crippen LogP contribution in [-0.2, 0) is 0 Å². The van der Waals surface area contributed by atoms with Crippen LogP contribution < -0.4 is 0 Å². The Morgan fingerprint density at radius 2 is 2.00 bits per heavy atom. The Hall–Kier alpha value is -1.30. The number of hydrogen-bond acceptors (Lipinski definition) is 1. The molecule has 7 heteroatoms. The minimum absolute atomic E-state index is 0.128. The number of rotatable bonds is 4. The Balaban J connectivity index is 2.89. The van der Waals surface area contributed by atoms with Gasteiger partial charge in [-0.2, -0.15) is 13.2 Å². The van der Waals surface area contributed by atoms with E-state index in [0.717, 1.165) is 12.1 Å². The summed E-state index contributed by atoms with van der Waals surface area (Å²) in [6, 6.07) is 4.50. The van der Waals surface area contributed by atoms with Crippen LogP contribution in [0, 0.1) is 5.82 Å². The average molecular weight is 284 g/mol. The number of alkyl halides is 4. The zero-order valence-corrected chi connectivity index (χ0v) is 9.93. The van der Waals surface area contributed by atoms with E-state index in [9.17, 15) is 22.4 Å². The van der Waals surface area contributed by atoms with E-state index in [4.69, 9.17) is 11.6 Å². The summed E-state index contributed by atoms with van der Waals surface area (Å²) in [5.74, 6) is -1.71. The summed E-state index contributed by atoms with van der Waals surface area (Å²) in [4.78, 5) is 12.3. The van der Waals surface area contributed by atoms with Gasteiger partial charge >= 0.3 is 6.18 Å². The first kappa shape index (κ1) is 14.8. The Kier molecular flexibility index (Phi) is 4.95. The monoisotopic (exact) mass is 283 g/mol. The van der Waals surface area contributed by atoms with Gasteiger partial charge in [-0.05, 0) is 18.2 Å². The number of hydrogen-bond donors (Lipinski definition) is 0. The summed E-state index contributed by atoms with van der Waals surface area (Å²) in [6.07, 6.45) is -4.52. The quantitative estimate of drug-likeness (QED) is 0.614. The molecule has 1 aromatic rings. The highest BCUT2D eigenvalue weighted by Crippen LogP contribution is 2.18. The maximum absolute atomic E-state index is 12.9. The van der Waals surface area contributed by atoms with Gasteiger partial charge < -0.3 is 4.90 Å². The smallest absolute Gasteiger partial charge is 0.328 e. The minimum Gasteiger partial charge on any atom is -0.328 e. The molecule has 0 heterocycles. The predicted octanol–water partition coefficient (Wildman–Crippen LogP) is 3.07. The second-order valence-electron chi connectivity index (χ2n) is 3.54. The van der Waals surface area contributed by atoms with Crippen molar-refractivity contribution in [3.8, 4) is 0 Å². The van der Waals surface area contributed by atoms with Crippen LogP contribution in [0.5, 0.6) is 0 Å². The number of carbonyl (C=O) groups excluding carboxylic acids is 1. The lowest BCUT2D eigenvalue weighted by molar-refractivity contribution is -0.140. The second kappa shape index (κ2) is 6.04. The topological polar surface area (TPSA) is 20.3 Å². The van der Waals surface area contributed by atoms with Crippen LogP contribution in [0.15, 0.2) is 24.3 Å². The van der Waals surface area contributed by atoms with E-state index in [2.05, 4.69) is 0 Å². The minimum atomic E-state index is -4.52. The molecule has 0 aliphatic rings. The molecular weight excluding hydrogens is 274 g/mol. The third kappa shape index (κ3) is 4.52. The molecule has 0 saturated heterocycles. The van der Waals surface area contributed by atoms with Crippen LogP contribution in [0.25, 0.3) is 0 Å². The van der Waals surface area contributed by atoms with Gasteiger partial charge in [-0.15, -0.1) is 11.6 Å². The van der Waals surface area contributed by atoms with Crippen LogP contribution in [0.3, 0.4) is 0 Å². The molecule has 0 spiro atoms. The molecule has 0 saturated carbocycles. The zero-order chi connectivity index (χ0) is 13.8. The molecule has 1 aromatic carbocycles. The van der Waals surface area contributed by atoms with E-state index in [1.54, 1.807) is 0 Å². The molecule has 18 heavy (non-hydrogen) atoms. The molecule has 0 fully saturated rings. The van der Waals surface area contributed by atoms with Crippen molar-refractivity contribution in [2.45, 2.75) is 6.18 Å². The van der Waals surface area contributed by atoms with Gasteiger partial charge in [0.1, 0.15) is 12.4 Å². The molecular formula is C11H10ClF4NO. The number of nitrogens with zero attached hydrogens (tertiary/aromatic N) is 1. The van der Waals surface area contributed by atoms with Crippen LogP contribution in [-0.4, -0.2) is 36.0 Å². The van der Waals surface area contributed by atoms with Crippen molar-refractivity contribution in [2.24, 2.45) is 0 Å². The summed E-state index contributed by atoms with van der Waals surface area (Å²) in [5, 5.41) is 0. The third-order valence-corrected chi connectivity index (χ3v) is 2.25. The average Bonchev–Trinajstić information content (AvgIpc) is 2.26. The lowest BCUT2D eigenvalue weighted by atomic mass is 10.2. The normalized spacial score (nSPS) is 11.4. The fourth-order valence-electron chi connectivity index (χ4n) is 1.37. The Labute approximate surface area is 106 Å². The molecule has 1 rings (SSSR count). The van der Waals surface area contributed by atoms with Gasteiger partial charge in [0, 0.05) is 18.0 Å². The molecule has 0 aromatic heterocycles. The van der Waals surface area contributed by atoms with Crippen LogP contribution >= 0.6 is 11.6 Å². The Morgan fingerprint density at radius 3 is 2.50 bits per heavy atom. The third-order valence-electron chi connectivity index (χ3n) is 2.08. The van der Waals surface area contributed by atoms with Crippen molar-refractivity contribution >= 4 is 17.5 Å². The first-order valence-corrected chi connectivity index (χ1v) is 5.54. The summed E-state index contributed by atoms with van der Waals surface area (Å²) >= 11 is 5.35. The lowest BCUT2D eigenvalue weighted by Gasteiger charge is -2.23. The fraction of sp³-hybridized carbons (Fsp3) is 0.364. The van der Waals surface area contributed by atoms with Crippen LogP contribution in [0.2, 0.25) is 0 Å². The predicted molar refractivity (Wildman–Crippen MR) is 59.1 cm³/mol. The van der Waals surface area contributed by atoms with Crippen LogP contribution in [0.4, 0.5) is 17.6 Å². The van der Waals surface area contributed by atoms with Gasteiger partial charge in [0.15, 0.2) is 0 Å². The molecule has 2 nitrogen and oxygen atoms in total. The first-order valence-electron chi connectivity index (χ1n) is 5.01. The van der Waals surface area contributed by atoms with Crippen molar-refractivity contribution in [1.29, 1.82) is 0 Å². The van der Waals surface area contributed by atoms with E-state index in [1.165, 1.54) is 12.1 Å². The number of benzene rings is 1. The fourth-order valence-corrected chi connectivity index (χ4v) is 1.58. The highest BCUT2D eigenvalue weighted by atomic mass is 35.5. The summed E-state index contributed by atoms with van der Waals surface area (Å²) in [5.41, 5.74) is -0.135. The van der Waals surface area contributed by atoms with Crippen molar-refractivity contribution in [2.75, 3.05) is 19.0 Å². The van der Waals surface area contributed by atoms with Gasteiger partial charge in [-0.3, -0.25) is 4.79 Å². The molecule has 0 aliphatic carbocycles. The highest BCUT2D eigenvalue weighted by Gasteiger charge is 2.33. The second-order valence-corrected chi connectivity index (χ2v) is 3.92. The number of halogens is 5. The van der Waals surface area contributed by atoms with E-state index in [0.29, 0.717) is 4.90 Å². The number of amides is 1.